The number of rotatable bonds is 9. The fourth-order valence-electron chi connectivity index (χ4n) is 2.05. The Bertz CT molecular complexity index is 432. The number of hydrogen-bond acceptors (Lipinski definition) is 6. The Morgan fingerprint density at radius 1 is 1.35 bits per heavy atom. The molecule has 0 unspecified atom stereocenters. The van der Waals surface area contributed by atoms with Crippen molar-refractivity contribution in [3.63, 3.8) is 0 Å². The predicted molar refractivity (Wildman–Crippen MR) is 81.3 cm³/mol. The van der Waals surface area contributed by atoms with Crippen molar-refractivity contribution in [3.8, 4) is 0 Å². The summed E-state index contributed by atoms with van der Waals surface area (Å²) < 4.78 is 0. The number of likely N-dealkylation sites (N-methyl/N-ethyl adjacent to an activating group) is 1. The molecular weight excluding hydrogens is 274 g/mol. The first kappa shape index (κ1) is 15.2. The van der Waals surface area contributed by atoms with Gasteiger partial charge in [-0.3, -0.25) is 9.69 Å². The third kappa shape index (κ3) is 4.42. The first-order chi connectivity index (χ1) is 9.74. The number of aromatic nitrogens is 2. The summed E-state index contributed by atoms with van der Waals surface area (Å²) in [6.07, 6.45) is 3.62. The van der Waals surface area contributed by atoms with Gasteiger partial charge in [0.15, 0.2) is 0 Å². The van der Waals surface area contributed by atoms with E-state index in [0.29, 0.717) is 16.7 Å². The van der Waals surface area contributed by atoms with Gasteiger partial charge < -0.3 is 10.6 Å². The van der Waals surface area contributed by atoms with Crippen molar-refractivity contribution in [1.29, 1.82) is 0 Å². The highest BCUT2D eigenvalue weighted by molar-refractivity contribution is 7.17. The molecule has 0 radical (unpaired) electrons. The summed E-state index contributed by atoms with van der Waals surface area (Å²) in [5.41, 5.74) is 0. The predicted octanol–water partition coefficient (Wildman–Crippen LogP) is 1.57. The molecule has 1 aliphatic carbocycles. The topological polar surface area (TPSA) is 70.1 Å². The molecule has 7 heteroatoms. The van der Waals surface area contributed by atoms with Crippen molar-refractivity contribution in [2.45, 2.75) is 39.2 Å². The van der Waals surface area contributed by atoms with E-state index in [0.717, 1.165) is 32.1 Å². The second kappa shape index (κ2) is 7.54. The molecule has 0 aliphatic heterocycles. The summed E-state index contributed by atoms with van der Waals surface area (Å²) in [5.74, 6) is -0.126. The quantitative estimate of drug-likeness (QED) is 0.724. The standard InChI is InChI=1S/C13H23N5OS/c1-3-7-15-13-17-16-12(20-13)11(19)14-8-9-18(4-2)10-5-6-10/h10H,3-9H2,1-2H3,(H,14,19)(H,15,17). The van der Waals surface area contributed by atoms with Gasteiger partial charge in [0, 0.05) is 25.7 Å². The molecule has 1 aliphatic rings. The molecule has 112 valence electrons. The van der Waals surface area contributed by atoms with Gasteiger partial charge in [-0.15, -0.1) is 10.2 Å². The van der Waals surface area contributed by atoms with Gasteiger partial charge in [0.05, 0.1) is 0 Å². The molecule has 1 saturated carbocycles. The lowest BCUT2D eigenvalue weighted by Crippen LogP contribution is -2.36. The first-order valence-electron chi connectivity index (χ1n) is 7.34. The zero-order chi connectivity index (χ0) is 14.4. The molecular formula is C13H23N5OS. The number of nitrogens with one attached hydrogen (secondary N) is 2. The molecule has 0 saturated heterocycles. The molecule has 6 nitrogen and oxygen atoms in total. The molecule has 2 N–H and O–H groups in total. The van der Waals surface area contributed by atoms with Crippen LogP contribution >= 0.6 is 11.3 Å². The summed E-state index contributed by atoms with van der Waals surface area (Å²) in [6.45, 7) is 7.72. The molecule has 0 spiro atoms. The van der Waals surface area contributed by atoms with Crippen LogP contribution in [0.5, 0.6) is 0 Å². The number of carbonyl (C=O) groups excluding carboxylic acids is 1. The molecule has 1 aromatic rings. The zero-order valence-electron chi connectivity index (χ0n) is 12.2. The number of anilines is 1. The van der Waals surface area contributed by atoms with Crippen LogP contribution in [0.4, 0.5) is 5.13 Å². The van der Waals surface area contributed by atoms with E-state index in [1.807, 2.05) is 0 Å². The van der Waals surface area contributed by atoms with E-state index in [1.54, 1.807) is 0 Å². The van der Waals surface area contributed by atoms with E-state index in [9.17, 15) is 4.79 Å². The summed E-state index contributed by atoms with van der Waals surface area (Å²) in [5, 5.41) is 15.1. The van der Waals surface area contributed by atoms with Crippen molar-refractivity contribution in [2.24, 2.45) is 0 Å². The summed E-state index contributed by atoms with van der Waals surface area (Å²) in [6, 6.07) is 0.739. The van der Waals surface area contributed by atoms with Crippen LogP contribution in [0.25, 0.3) is 0 Å². The third-order valence-electron chi connectivity index (χ3n) is 3.30. The van der Waals surface area contributed by atoms with Gasteiger partial charge in [0.25, 0.3) is 5.91 Å². The van der Waals surface area contributed by atoms with Crippen LogP contribution in [0.2, 0.25) is 0 Å². The van der Waals surface area contributed by atoms with Gasteiger partial charge in [0.1, 0.15) is 0 Å². The molecule has 1 heterocycles. The van der Waals surface area contributed by atoms with Crippen molar-refractivity contribution >= 4 is 22.4 Å². The van der Waals surface area contributed by atoms with E-state index in [4.69, 9.17) is 0 Å². The van der Waals surface area contributed by atoms with Gasteiger partial charge in [-0.25, -0.2) is 0 Å². The molecule has 0 bridgehead atoms. The molecule has 0 atom stereocenters. The van der Waals surface area contributed by atoms with Gasteiger partial charge in [-0.2, -0.15) is 0 Å². The SMILES string of the molecule is CCCNc1nnc(C(=O)NCCN(CC)C2CC2)s1. The van der Waals surface area contributed by atoms with Crippen molar-refractivity contribution in [1.82, 2.24) is 20.4 Å². The first-order valence-corrected chi connectivity index (χ1v) is 8.15. The lowest BCUT2D eigenvalue weighted by atomic mass is 10.4. The molecule has 1 aromatic heterocycles. The zero-order valence-corrected chi connectivity index (χ0v) is 13.0. The Morgan fingerprint density at radius 3 is 2.80 bits per heavy atom. The Morgan fingerprint density at radius 2 is 2.15 bits per heavy atom. The van der Waals surface area contributed by atoms with Crippen molar-refractivity contribution < 1.29 is 4.79 Å². The van der Waals surface area contributed by atoms with Crippen molar-refractivity contribution in [3.05, 3.63) is 5.01 Å². The van der Waals surface area contributed by atoms with Crippen molar-refractivity contribution in [2.75, 3.05) is 31.5 Å². The second-order valence-electron chi connectivity index (χ2n) is 4.95. The fourth-order valence-corrected chi connectivity index (χ4v) is 2.73. The maximum atomic E-state index is 11.9. The lowest BCUT2D eigenvalue weighted by Gasteiger charge is -2.19. The van der Waals surface area contributed by atoms with Crippen LogP contribution in [-0.2, 0) is 0 Å². The molecule has 20 heavy (non-hydrogen) atoms. The molecule has 1 fully saturated rings. The van der Waals surface area contributed by atoms with Crippen LogP contribution in [-0.4, -0.2) is 53.2 Å². The third-order valence-corrected chi connectivity index (χ3v) is 4.18. The van der Waals surface area contributed by atoms with E-state index in [2.05, 4.69) is 39.6 Å². The minimum Gasteiger partial charge on any atom is -0.360 e. The van der Waals surface area contributed by atoms with Crippen LogP contribution in [0.1, 0.15) is 42.9 Å². The van der Waals surface area contributed by atoms with Gasteiger partial charge in [-0.1, -0.05) is 25.2 Å². The average Bonchev–Trinajstić information content (AvgIpc) is 3.18. The van der Waals surface area contributed by atoms with Gasteiger partial charge in [-0.05, 0) is 25.8 Å². The van der Waals surface area contributed by atoms with E-state index in [1.165, 1.54) is 24.2 Å². The Hall–Kier alpha value is -1.21. The van der Waals surface area contributed by atoms with Crippen LogP contribution in [0.15, 0.2) is 0 Å². The summed E-state index contributed by atoms with van der Waals surface area (Å²) in [4.78, 5) is 14.3. The van der Waals surface area contributed by atoms with Gasteiger partial charge >= 0.3 is 0 Å². The maximum Gasteiger partial charge on any atom is 0.282 e. The van der Waals surface area contributed by atoms with E-state index >= 15 is 0 Å². The number of nitrogens with zero attached hydrogens (tertiary/aromatic N) is 3. The highest BCUT2D eigenvalue weighted by atomic mass is 32.1. The number of carbonyl (C=O) groups is 1. The summed E-state index contributed by atoms with van der Waals surface area (Å²) in [7, 11) is 0. The molecule has 1 amide bonds. The highest BCUT2D eigenvalue weighted by Gasteiger charge is 2.27. The second-order valence-corrected chi connectivity index (χ2v) is 5.93. The lowest BCUT2D eigenvalue weighted by molar-refractivity contribution is 0.0947. The van der Waals surface area contributed by atoms with Crippen LogP contribution < -0.4 is 10.6 Å². The Kier molecular flexibility index (Phi) is 5.72. The highest BCUT2D eigenvalue weighted by Crippen LogP contribution is 2.25. The Labute approximate surface area is 124 Å². The van der Waals surface area contributed by atoms with Crippen LogP contribution in [0, 0.1) is 0 Å². The van der Waals surface area contributed by atoms with E-state index < -0.39 is 0 Å². The Balaban J connectivity index is 1.72. The summed E-state index contributed by atoms with van der Waals surface area (Å²) >= 11 is 1.31. The van der Waals surface area contributed by atoms with E-state index in [-0.39, 0.29) is 5.91 Å². The molecule has 0 aromatic carbocycles. The molecule has 2 rings (SSSR count). The largest absolute Gasteiger partial charge is 0.360 e. The van der Waals surface area contributed by atoms with Crippen LogP contribution in [0.3, 0.4) is 0 Å². The fraction of sp³-hybridized carbons (Fsp3) is 0.769. The minimum absolute atomic E-state index is 0.126. The number of hydrogen-bond donors (Lipinski definition) is 2. The maximum absolute atomic E-state index is 11.9. The average molecular weight is 297 g/mol. The normalized spacial score (nSPS) is 14.6. The smallest absolute Gasteiger partial charge is 0.282 e. The number of amides is 1. The van der Waals surface area contributed by atoms with Gasteiger partial charge in [0.2, 0.25) is 10.1 Å². The monoisotopic (exact) mass is 297 g/mol. The minimum atomic E-state index is -0.126.